The van der Waals surface area contributed by atoms with Crippen LogP contribution in [0, 0.1) is 12.7 Å². The largest absolute Gasteiger partial charge is 0.399 e. The molecule has 2 N–H and O–H groups in total. The Morgan fingerprint density at radius 2 is 1.95 bits per heavy atom. The third-order valence-electron chi connectivity index (χ3n) is 3.54. The van der Waals surface area contributed by atoms with Gasteiger partial charge in [0.05, 0.1) is 5.69 Å². The van der Waals surface area contributed by atoms with E-state index in [1.54, 1.807) is 6.92 Å². The van der Waals surface area contributed by atoms with Crippen molar-refractivity contribution in [3.05, 3.63) is 47.7 Å². The topological polar surface area (TPSA) is 55.0 Å². The first-order valence-electron chi connectivity index (χ1n) is 6.73. The normalized spacial score (nSPS) is 14.3. The smallest absolute Gasteiger partial charge is 0.186 e. The lowest BCUT2D eigenvalue weighted by Gasteiger charge is -2.24. The Bertz CT molecular complexity index is 608. The quantitative estimate of drug-likeness (QED) is 0.869. The zero-order chi connectivity index (χ0) is 14.1. The lowest BCUT2D eigenvalue weighted by atomic mass is 10.2. The highest BCUT2D eigenvalue weighted by molar-refractivity contribution is 5.46. The molecule has 2 aromatic rings. The van der Waals surface area contributed by atoms with Crippen molar-refractivity contribution in [2.75, 3.05) is 10.6 Å². The van der Waals surface area contributed by atoms with Gasteiger partial charge in [0.2, 0.25) is 0 Å². The van der Waals surface area contributed by atoms with Crippen LogP contribution in [0.2, 0.25) is 0 Å². The summed E-state index contributed by atoms with van der Waals surface area (Å²) in [6, 6.07) is 8.04. The van der Waals surface area contributed by atoms with Crippen LogP contribution in [0.1, 0.15) is 24.1 Å². The van der Waals surface area contributed by atoms with Crippen LogP contribution in [0.15, 0.2) is 30.6 Å². The monoisotopic (exact) mass is 272 g/mol. The van der Waals surface area contributed by atoms with Crippen LogP contribution in [0.25, 0.3) is 0 Å². The lowest BCUT2D eigenvalue weighted by Crippen LogP contribution is -2.27. The molecule has 1 aromatic carbocycles. The van der Waals surface area contributed by atoms with E-state index in [2.05, 4.69) is 9.97 Å². The molecular weight excluding hydrogens is 255 g/mol. The maximum atomic E-state index is 14.2. The predicted octanol–water partition coefficient (Wildman–Crippen LogP) is 2.68. The summed E-state index contributed by atoms with van der Waals surface area (Å²) in [6.07, 6.45) is 3.58. The first kappa shape index (κ1) is 12.8. The standard InChI is InChI=1S/C15H17FN4/c1-10-14(16)15(19-9-18-10)20(13-6-7-13)8-11-2-4-12(17)5-3-11/h2-5,9,13H,6-8,17H2,1H3. The van der Waals surface area contributed by atoms with Gasteiger partial charge in [-0.2, -0.15) is 0 Å². The van der Waals surface area contributed by atoms with E-state index in [4.69, 9.17) is 5.73 Å². The summed E-state index contributed by atoms with van der Waals surface area (Å²) in [5.74, 6) is 0.0756. The highest BCUT2D eigenvalue weighted by Crippen LogP contribution is 2.33. The van der Waals surface area contributed by atoms with Crippen molar-refractivity contribution in [3.8, 4) is 0 Å². The summed E-state index contributed by atoms with van der Waals surface area (Å²) in [5.41, 5.74) is 7.91. The van der Waals surface area contributed by atoms with Gasteiger partial charge in [-0.05, 0) is 37.5 Å². The minimum atomic E-state index is -0.324. The third-order valence-corrected chi connectivity index (χ3v) is 3.54. The SMILES string of the molecule is Cc1ncnc(N(Cc2ccc(N)cc2)C2CC2)c1F. The molecule has 3 rings (SSSR count). The highest BCUT2D eigenvalue weighted by Gasteiger charge is 2.32. The van der Waals surface area contributed by atoms with Gasteiger partial charge in [-0.1, -0.05) is 12.1 Å². The molecule has 1 heterocycles. The number of aromatic nitrogens is 2. The van der Waals surface area contributed by atoms with Crippen molar-refractivity contribution < 1.29 is 4.39 Å². The molecule has 0 radical (unpaired) electrons. The number of hydrogen-bond acceptors (Lipinski definition) is 4. The van der Waals surface area contributed by atoms with Gasteiger partial charge in [0.1, 0.15) is 6.33 Å². The Morgan fingerprint density at radius 3 is 2.60 bits per heavy atom. The van der Waals surface area contributed by atoms with Gasteiger partial charge in [-0.25, -0.2) is 14.4 Å². The molecule has 0 amide bonds. The molecule has 1 saturated carbocycles. The van der Waals surface area contributed by atoms with Gasteiger partial charge in [-0.15, -0.1) is 0 Å². The van der Waals surface area contributed by atoms with E-state index < -0.39 is 0 Å². The van der Waals surface area contributed by atoms with Gasteiger partial charge in [0, 0.05) is 18.3 Å². The maximum absolute atomic E-state index is 14.2. The number of benzene rings is 1. The molecule has 0 saturated heterocycles. The van der Waals surface area contributed by atoms with Gasteiger partial charge in [-0.3, -0.25) is 0 Å². The van der Waals surface area contributed by atoms with Crippen LogP contribution >= 0.6 is 0 Å². The van der Waals surface area contributed by atoms with E-state index in [9.17, 15) is 4.39 Å². The zero-order valence-corrected chi connectivity index (χ0v) is 11.4. The molecule has 20 heavy (non-hydrogen) atoms. The van der Waals surface area contributed by atoms with Crippen molar-refractivity contribution in [3.63, 3.8) is 0 Å². The third kappa shape index (κ3) is 2.57. The average Bonchev–Trinajstić information content (AvgIpc) is 3.26. The van der Waals surface area contributed by atoms with E-state index in [0.717, 1.165) is 24.1 Å². The van der Waals surface area contributed by atoms with Gasteiger partial charge >= 0.3 is 0 Å². The minimum Gasteiger partial charge on any atom is -0.399 e. The van der Waals surface area contributed by atoms with Gasteiger partial charge in [0.25, 0.3) is 0 Å². The van der Waals surface area contributed by atoms with Crippen LogP contribution < -0.4 is 10.6 Å². The van der Waals surface area contributed by atoms with Crippen molar-refractivity contribution in [1.82, 2.24) is 9.97 Å². The maximum Gasteiger partial charge on any atom is 0.186 e. The first-order valence-corrected chi connectivity index (χ1v) is 6.73. The minimum absolute atomic E-state index is 0.324. The van der Waals surface area contributed by atoms with E-state index in [0.29, 0.717) is 24.1 Å². The fourth-order valence-corrected chi connectivity index (χ4v) is 2.23. The Morgan fingerprint density at radius 1 is 1.25 bits per heavy atom. The Hall–Kier alpha value is -2.17. The van der Waals surface area contributed by atoms with Crippen molar-refractivity contribution in [1.29, 1.82) is 0 Å². The van der Waals surface area contributed by atoms with Crippen LogP contribution in [0.3, 0.4) is 0 Å². The number of anilines is 2. The lowest BCUT2D eigenvalue weighted by molar-refractivity contribution is 0.587. The molecule has 0 unspecified atom stereocenters. The van der Waals surface area contributed by atoms with Crippen molar-refractivity contribution in [2.24, 2.45) is 0 Å². The molecule has 1 aromatic heterocycles. The van der Waals surface area contributed by atoms with Crippen LogP contribution in [-0.4, -0.2) is 16.0 Å². The molecule has 1 fully saturated rings. The number of nitrogens with zero attached hydrogens (tertiary/aromatic N) is 3. The Kier molecular flexibility index (Phi) is 3.26. The number of nitrogens with two attached hydrogens (primary N) is 1. The second-order valence-corrected chi connectivity index (χ2v) is 5.20. The summed E-state index contributed by atoms with van der Waals surface area (Å²) in [7, 11) is 0. The summed E-state index contributed by atoms with van der Waals surface area (Å²) in [5, 5.41) is 0. The number of hydrogen-bond donors (Lipinski definition) is 1. The summed E-state index contributed by atoms with van der Waals surface area (Å²) < 4.78 is 14.2. The molecule has 0 spiro atoms. The van der Waals surface area contributed by atoms with Crippen LogP contribution in [0.4, 0.5) is 15.9 Å². The molecule has 0 bridgehead atoms. The zero-order valence-electron chi connectivity index (χ0n) is 11.4. The van der Waals surface area contributed by atoms with E-state index >= 15 is 0 Å². The second kappa shape index (κ2) is 5.07. The molecule has 1 aliphatic rings. The van der Waals surface area contributed by atoms with E-state index in [-0.39, 0.29) is 5.82 Å². The molecule has 4 nitrogen and oxygen atoms in total. The molecular formula is C15H17FN4. The fraction of sp³-hybridized carbons (Fsp3) is 0.333. The average molecular weight is 272 g/mol. The van der Waals surface area contributed by atoms with Crippen LogP contribution in [0.5, 0.6) is 0 Å². The summed E-state index contributed by atoms with van der Waals surface area (Å²) >= 11 is 0. The fourth-order valence-electron chi connectivity index (χ4n) is 2.23. The van der Waals surface area contributed by atoms with Crippen molar-refractivity contribution in [2.45, 2.75) is 32.4 Å². The number of nitrogen functional groups attached to an aromatic ring is 1. The number of halogens is 1. The van der Waals surface area contributed by atoms with E-state index in [1.807, 2.05) is 29.2 Å². The first-order chi connectivity index (χ1) is 9.65. The number of aryl methyl sites for hydroxylation is 1. The molecule has 0 atom stereocenters. The van der Waals surface area contributed by atoms with Crippen LogP contribution in [-0.2, 0) is 6.54 Å². The summed E-state index contributed by atoms with van der Waals surface area (Å²) in [4.78, 5) is 10.0. The molecule has 1 aliphatic carbocycles. The Balaban J connectivity index is 1.89. The van der Waals surface area contributed by atoms with Crippen molar-refractivity contribution >= 4 is 11.5 Å². The molecule has 0 aliphatic heterocycles. The predicted molar refractivity (Wildman–Crippen MR) is 76.8 cm³/mol. The summed E-state index contributed by atoms with van der Waals surface area (Å²) in [6.45, 7) is 2.30. The number of rotatable bonds is 4. The van der Waals surface area contributed by atoms with Gasteiger partial charge in [0.15, 0.2) is 11.6 Å². The Labute approximate surface area is 117 Å². The highest BCUT2D eigenvalue weighted by atomic mass is 19.1. The second-order valence-electron chi connectivity index (χ2n) is 5.20. The molecule has 5 heteroatoms. The molecule has 104 valence electrons. The van der Waals surface area contributed by atoms with E-state index in [1.165, 1.54) is 6.33 Å². The van der Waals surface area contributed by atoms with Gasteiger partial charge < -0.3 is 10.6 Å².